The molecule has 212 valence electrons. The van der Waals surface area contributed by atoms with Crippen LogP contribution in [0.15, 0.2) is 70.9 Å². The fourth-order valence-corrected chi connectivity index (χ4v) is 6.55. The van der Waals surface area contributed by atoms with Crippen LogP contribution in [0.3, 0.4) is 0 Å². The normalized spacial score (nSPS) is 31.0. The molecule has 0 aromatic rings. The Kier molecular flexibility index (Phi) is 7.84. The number of ether oxygens (including phenoxy) is 2. The number of carbonyl (C=O) groups excluding carboxylic acids is 2. The molecule has 4 atom stereocenters. The molecule has 4 nitrogen and oxygen atoms in total. The predicted octanol–water partition coefficient (Wildman–Crippen LogP) is 8.09. The average molecular weight is 533 g/mol. The quantitative estimate of drug-likeness (QED) is 0.234. The van der Waals surface area contributed by atoms with Crippen LogP contribution >= 0.6 is 0 Å². The Labute approximate surface area is 236 Å². The lowest BCUT2D eigenvalue weighted by Gasteiger charge is -2.38. The average Bonchev–Trinajstić information content (AvgIpc) is 3.28. The highest BCUT2D eigenvalue weighted by atomic mass is 16.6. The van der Waals surface area contributed by atoms with Crippen LogP contribution in [0.1, 0.15) is 82.1 Å². The minimum Gasteiger partial charge on any atom is -0.451 e. The van der Waals surface area contributed by atoms with Gasteiger partial charge in [-0.15, -0.1) is 0 Å². The first-order valence-electron chi connectivity index (χ1n) is 14.8. The molecule has 0 heterocycles. The van der Waals surface area contributed by atoms with E-state index >= 15 is 0 Å². The van der Waals surface area contributed by atoms with E-state index in [1.54, 1.807) is 0 Å². The molecular weight excluding hydrogens is 484 g/mol. The van der Waals surface area contributed by atoms with Crippen LogP contribution in [-0.4, -0.2) is 23.1 Å². The Morgan fingerprint density at radius 1 is 0.692 bits per heavy atom. The summed E-state index contributed by atoms with van der Waals surface area (Å²) in [7, 11) is 0. The number of carbonyl (C=O) groups is 2. The Morgan fingerprint density at radius 3 is 1.36 bits per heavy atom. The fraction of sp³-hybridized carbons (Fsp3) is 0.600. The Bertz CT molecular complexity index is 1110. The van der Waals surface area contributed by atoms with Gasteiger partial charge in [-0.05, 0) is 52.4 Å². The van der Waals surface area contributed by atoms with E-state index in [-0.39, 0.29) is 29.1 Å². The maximum atomic E-state index is 14.1. The summed E-state index contributed by atoms with van der Waals surface area (Å²) in [5.41, 5.74) is 1.50. The highest BCUT2D eigenvalue weighted by Crippen LogP contribution is 2.57. The molecule has 0 saturated carbocycles. The maximum absolute atomic E-state index is 14.1. The van der Waals surface area contributed by atoms with Gasteiger partial charge in [-0.2, -0.15) is 0 Å². The van der Waals surface area contributed by atoms with Gasteiger partial charge in [0.15, 0.2) is 0 Å². The van der Waals surface area contributed by atoms with Gasteiger partial charge < -0.3 is 9.47 Å². The lowest BCUT2D eigenvalue weighted by Crippen LogP contribution is -2.42. The summed E-state index contributed by atoms with van der Waals surface area (Å²) >= 11 is 0. The van der Waals surface area contributed by atoms with E-state index in [1.807, 2.05) is 0 Å². The second-order valence-electron chi connectivity index (χ2n) is 13.8. The minimum atomic E-state index is -0.745. The zero-order valence-corrected chi connectivity index (χ0v) is 25.6. The summed E-state index contributed by atoms with van der Waals surface area (Å²) in [6, 6.07) is 0. The van der Waals surface area contributed by atoms with Crippen molar-refractivity contribution in [2.45, 2.75) is 93.3 Å². The van der Waals surface area contributed by atoms with Crippen molar-refractivity contribution in [3.63, 3.8) is 0 Å². The third kappa shape index (κ3) is 5.05. The van der Waals surface area contributed by atoms with E-state index in [0.29, 0.717) is 35.8 Å². The predicted molar refractivity (Wildman–Crippen MR) is 158 cm³/mol. The van der Waals surface area contributed by atoms with E-state index in [1.165, 1.54) is 11.1 Å². The van der Waals surface area contributed by atoms with Gasteiger partial charge in [0.2, 0.25) is 0 Å². The molecule has 4 rings (SSSR count). The molecule has 2 bridgehead atoms. The summed E-state index contributed by atoms with van der Waals surface area (Å²) in [6.45, 7) is 21.2. The first-order valence-corrected chi connectivity index (χ1v) is 14.8. The maximum Gasteiger partial charge on any atom is 0.336 e. The molecule has 4 unspecified atom stereocenters. The number of esters is 2. The molecule has 0 amide bonds. The van der Waals surface area contributed by atoms with Crippen molar-refractivity contribution in [3.8, 4) is 0 Å². The molecule has 0 N–H and O–H groups in total. The van der Waals surface area contributed by atoms with Crippen LogP contribution in [0.25, 0.3) is 0 Å². The largest absolute Gasteiger partial charge is 0.451 e. The molecule has 0 spiro atoms. The van der Waals surface area contributed by atoms with Crippen LogP contribution in [0.2, 0.25) is 0 Å². The monoisotopic (exact) mass is 532 g/mol. The van der Waals surface area contributed by atoms with E-state index in [2.05, 4.69) is 118 Å². The molecule has 39 heavy (non-hydrogen) atoms. The van der Waals surface area contributed by atoms with Crippen molar-refractivity contribution >= 4 is 11.9 Å². The molecular formula is C35H48O4. The second kappa shape index (κ2) is 10.4. The molecule has 0 aromatic heterocycles. The molecule has 0 aliphatic heterocycles. The molecule has 0 aromatic carbocycles. The van der Waals surface area contributed by atoms with Gasteiger partial charge in [0.05, 0.1) is 11.1 Å². The SMILES string of the molecule is CC(C)C1=CC(OC(=O)C2=C(C(=O)OC3(C(C)C)C=C(C(C)C)C=CC3)C3C=CC2C3(C)C)(C(C)C)CC=C1. The van der Waals surface area contributed by atoms with Crippen LogP contribution < -0.4 is 0 Å². The van der Waals surface area contributed by atoms with Gasteiger partial charge in [0.1, 0.15) is 11.2 Å². The van der Waals surface area contributed by atoms with Crippen molar-refractivity contribution in [3.05, 3.63) is 70.9 Å². The Morgan fingerprint density at radius 2 is 1.05 bits per heavy atom. The van der Waals surface area contributed by atoms with Gasteiger partial charge in [0, 0.05) is 24.7 Å². The van der Waals surface area contributed by atoms with Crippen LogP contribution in [0.4, 0.5) is 0 Å². The summed E-state index contributed by atoms with van der Waals surface area (Å²) in [6.07, 6.45) is 18.2. The topological polar surface area (TPSA) is 52.6 Å². The highest BCUT2D eigenvalue weighted by Gasteiger charge is 2.56. The molecule has 0 fully saturated rings. The zero-order valence-electron chi connectivity index (χ0n) is 25.6. The van der Waals surface area contributed by atoms with E-state index in [9.17, 15) is 9.59 Å². The molecule has 0 saturated heterocycles. The fourth-order valence-electron chi connectivity index (χ4n) is 6.55. The smallest absolute Gasteiger partial charge is 0.336 e. The first kappa shape index (κ1) is 29.4. The minimum absolute atomic E-state index is 0.0797. The molecule has 0 radical (unpaired) electrons. The van der Waals surface area contributed by atoms with Crippen molar-refractivity contribution < 1.29 is 19.1 Å². The van der Waals surface area contributed by atoms with Crippen LogP contribution in [-0.2, 0) is 19.1 Å². The third-order valence-electron chi connectivity index (χ3n) is 9.62. The van der Waals surface area contributed by atoms with Gasteiger partial charge in [0.25, 0.3) is 0 Å². The Hall–Kier alpha value is -2.62. The lowest BCUT2D eigenvalue weighted by atomic mass is 9.77. The second-order valence-corrected chi connectivity index (χ2v) is 13.8. The molecule has 4 aliphatic carbocycles. The molecule has 4 heteroatoms. The Balaban J connectivity index is 1.73. The van der Waals surface area contributed by atoms with Crippen molar-refractivity contribution in [2.75, 3.05) is 0 Å². The zero-order chi connectivity index (χ0) is 28.9. The highest BCUT2D eigenvalue weighted by molar-refractivity contribution is 6.04. The van der Waals surface area contributed by atoms with Gasteiger partial charge in [-0.1, -0.05) is 106 Å². The van der Waals surface area contributed by atoms with E-state index in [0.717, 1.165) is 0 Å². The van der Waals surface area contributed by atoms with Crippen molar-refractivity contribution in [2.24, 2.45) is 40.9 Å². The summed E-state index contributed by atoms with van der Waals surface area (Å²) in [5.74, 6) is -0.338. The number of rotatable bonds is 8. The number of hydrogen-bond donors (Lipinski definition) is 0. The number of hydrogen-bond acceptors (Lipinski definition) is 4. The van der Waals surface area contributed by atoms with Gasteiger partial charge >= 0.3 is 11.9 Å². The number of allylic oxidation sites excluding steroid dienone is 6. The third-order valence-corrected chi connectivity index (χ3v) is 9.62. The van der Waals surface area contributed by atoms with Crippen LogP contribution in [0.5, 0.6) is 0 Å². The van der Waals surface area contributed by atoms with E-state index in [4.69, 9.17) is 9.47 Å². The summed E-state index contributed by atoms with van der Waals surface area (Å²) in [4.78, 5) is 28.3. The lowest BCUT2D eigenvalue weighted by molar-refractivity contribution is -0.157. The molecule has 4 aliphatic rings. The summed E-state index contributed by atoms with van der Waals surface area (Å²) < 4.78 is 12.9. The standard InChI is InChI=1S/C35H48O4/c1-21(2)25-13-11-17-34(19-25,23(5)6)38-31(36)29-27-15-16-28(33(27,9)10)30(29)32(37)39-35(24(7)8)18-12-14-26(20-35)22(3)4/h11-16,19-24,27-28H,17-18H2,1-10H3. The van der Waals surface area contributed by atoms with Gasteiger partial charge in [-0.3, -0.25) is 0 Å². The van der Waals surface area contributed by atoms with Gasteiger partial charge in [-0.25, -0.2) is 9.59 Å². The van der Waals surface area contributed by atoms with Crippen molar-refractivity contribution in [1.82, 2.24) is 0 Å². The van der Waals surface area contributed by atoms with Crippen molar-refractivity contribution in [1.29, 1.82) is 0 Å². The summed E-state index contributed by atoms with van der Waals surface area (Å²) in [5, 5.41) is 0. The number of fused-ring (bicyclic) bond motifs is 2. The first-order chi connectivity index (χ1) is 18.1. The van der Waals surface area contributed by atoms with Crippen LogP contribution in [0, 0.1) is 40.9 Å². The van der Waals surface area contributed by atoms with E-state index < -0.39 is 23.1 Å².